The molecule has 1 heterocycles. The second-order valence-corrected chi connectivity index (χ2v) is 8.47. The number of allylic oxidation sites excluding steroid dienone is 3. The highest BCUT2D eigenvalue weighted by molar-refractivity contribution is 6.00. The van der Waals surface area contributed by atoms with Crippen LogP contribution in [0.5, 0.6) is 11.5 Å². The smallest absolute Gasteiger partial charge is 0.329 e. The van der Waals surface area contributed by atoms with Gasteiger partial charge in [-0.15, -0.1) is 0 Å². The zero-order valence-corrected chi connectivity index (χ0v) is 21.2. The van der Waals surface area contributed by atoms with Crippen LogP contribution in [0, 0.1) is 17.5 Å². The lowest BCUT2D eigenvalue weighted by molar-refractivity contribution is 0.224. The van der Waals surface area contributed by atoms with Gasteiger partial charge in [0.25, 0.3) is 0 Å². The van der Waals surface area contributed by atoms with E-state index < -0.39 is 29.2 Å². The molecule has 0 aromatic heterocycles. The number of nitrogens with two attached hydrogens (primary N) is 1. The van der Waals surface area contributed by atoms with Crippen molar-refractivity contribution in [3.63, 3.8) is 0 Å². The lowest BCUT2D eigenvalue weighted by atomic mass is 9.93. The van der Waals surface area contributed by atoms with Crippen LogP contribution in [0.25, 0.3) is 5.57 Å². The first-order valence-corrected chi connectivity index (χ1v) is 11.3. The first-order chi connectivity index (χ1) is 17.0. The molecule has 2 aromatic rings. The summed E-state index contributed by atoms with van der Waals surface area (Å²) in [4.78, 5) is 15.9. The Hall–Kier alpha value is -3.88. The number of hydrogen-bond donors (Lipinski definition) is 1. The fraction of sp³-hybridized carbons (Fsp3) is 0.296. The lowest BCUT2D eigenvalue weighted by Crippen LogP contribution is -2.47. The molecule has 3 rings (SSSR count). The van der Waals surface area contributed by atoms with Crippen molar-refractivity contribution in [1.82, 2.24) is 4.90 Å². The van der Waals surface area contributed by atoms with E-state index in [0.717, 1.165) is 16.5 Å². The van der Waals surface area contributed by atoms with Gasteiger partial charge < -0.3 is 15.2 Å². The fourth-order valence-corrected chi connectivity index (χ4v) is 4.10. The Labute approximate surface area is 209 Å². The molecule has 36 heavy (non-hydrogen) atoms. The Morgan fingerprint density at radius 2 is 1.61 bits per heavy atom. The van der Waals surface area contributed by atoms with Gasteiger partial charge in [-0.2, -0.15) is 0 Å². The molecular weight excluding hydrogens is 471 g/mol. The van der Waals surface area contributed by atoms with Crippen molar-refractivity contribution in [2.75, 3.05) is 32.7 Å². The number of ether oxygens (including phenoxy) is 2. The maximum absolute atomic E-state index is 15.3. The summed E-state index contributed by atoms with van der Waals surface area (Å²) in [6.07, 6.45) is 2.58. The molecule has 2 amide bonds. The van der Waals surface area contributed by atoms with E-state index in [4.69, 9.17) is 15.2 Å². The van der Waals surface area contributed by atoms with Crippen molar-refractivity contribution in [2.45, 2.75) is 27.2 Å². The summed E-state index contributed by atoms with van der Waals surface area (Å²) in [7, 11) is 3.98. The molecule has 2 N–H and O–H groups in total. The molecule has 0 unspecified atom stereocenters. The van der Waals surface area contributed by atoms with E-state index in [0.29, 0.717) is 34.5 Å². The Morgan fingerprint density at radius 3 is 2.08 bits per heavy atom. The number of benzene rings is 2. The zero-order valence-electron chi connectivity index (χ0n) is 21.2. The summed E-state index contributed by atoms with van der Waals surface area (Å²) >= 11 is 0. The summed E-state index contributed by atoms with van der Waals surface area (Å²) in [5, 5.41) is 0. The number of carbonyl (C=O) groups is 1. The van der Waals surface area contributed by atoms with E-state index in [1.807, 2.05) is 19.9 Å². The van der Waals surface area contributed by atoms with Crippen LogP contribution in [-0.4, -0.2) is 38.7 Å². The lowest BCUT2D eigenvalue weighted by Gasteiger charge is -2.38. The highest BCUT2D eigenvalue weighted by Gasteiger charge is 2.37. The molecule has 2 aromatic carbocycles. The Morgan fingerprint density at radius 1 is 1.06 bits per heavy atom. The summed E-state index contributed by atoms with van der Waals surface area (Å²) in [6, 6.07) is 6.14. The quantitative estimate of drug-likeness (QED) is 0.506. The van der Waals surface area contributed by atoms with Gasteiger partial charge in [-0.3, -0.25) is 9.80 Å². The van der Waals surface area contributed by atoms with Gasteiger partial charge in [0.2, 0.25) is 0 Å². The van der Waals surface area contributed by atoms with Gasteiger partial charge >= 0.3 is 6.03 Å². The molecule has 9 heteroatoms. The number of urea groups is 1. The molecule has 0 saturated heterocycles. The molecule has 0 spiro atoms. The first-order valence-electron chi connectivity index (χ1n) is 11.3. The summed E-state index contributed by atoms with van der Waals surface area (Å²) < 4.78 is 54.4. The second kappa shape index (κ2) is 10.8. The van der Waals surface area contributed by atoms with Crippen LogP contribution in [0.15, 0.2) is 58.9 Å². The van der Waals surface area contributed by atoms with Crippen LogP contribution in [0.2, 0.25) is 0 Å². The maximum atomic E-state index is 15.3. The van der Waals surface area contributed by atoms with Crippen molar-refractivity contribution in [1.29, 1.82) is 0 Å². The predicted octanol–water partition coefficient (Wildman–Crippen LogP) is 5.99. The topological polar surface area (TPSA) is 68.0 Å². The van der Waals surface area contributed by atoms with Crippen molar-refractivity contribution >= 4 is 17.3 Å². The van der Waals surface area contributed by atoms with Crippen molar-refractivity contribution in [3.8, 4) is 11.5 Å². The SMILES string of the molecule is CC/C(C)=C\C1=C(C(=C(\C)N)/c2ccc(F)cc2)N(C)C(=O)N(c2c(F)c(OC)cc(OC)c2F)C1. The third-order valence-electron chi connectivity index (χ3n) is 6.05. The Balaban J connectivity index is 2.31. The van der Waals surface area contributed by atoms with Gasteiger partial charge in [0.1, 0.15) is 11.5 Å². The number of likely N-dealkylation sites (N-methyl/N-ethyl adjacent to an activating group) is 1. The molecule has 1 aliphatic heterocycles. The minimum atomic E-state index is -1.03. The van der Waals surface area contributed by atoms with Gasteiger partial charge in [-0.25, -0.2) is 18.0 Å². The van der Waals surface area contributed by atoms with E-state index in [1.165, 1.54) is 38.3 Å². The average molecular weight is 502 g/mol. The number of anilines is 1. The second-order valence-electron chi connectivity index (χ2n) is 8.47. The number of rotatable bonds is 7. The molecule has 0 aliphatic carbocycles. The van der Waals surface area contributed by atoms with E-state index in [2.05, 4.69) is 0 Å². The number of amides is 2. The van der Waals surface area contributed by atoms with Gasteiger partial charge in [0.05, 0.1) is 26.5 Å². The number of nitrogens with zero attached hydrogens (tertiary/aromatic N) is 2. The molecule has 1 aliphatic rings. The van der Waals surface area contributed by atoms with E-state index in [9.17, 15) is 9.18 Å². The number of hydrogen-bond acceptors (Lipinski definition) is 4. The summed E-state index contributed by atoms with van der Waals surface area (Å²) in [5.74, 6) is -3.00. The summed E-state index contributed by atoms with van der Waals surface area (Å²) in [6.45, 7) is 5.41. The average Bonchev–Trinajstić information content (AvgIpc) is 2.85. The molecule has 0 saturated carbocycles. The zero-order chi connectivity index (χ0) is 26.7. The van der Waals surface area contributed by atoms with E-state index in [1.54, 1.807) is 19.1 Å². The monoisotopic (exact) mass is 501 g/mol. The Bertz CT molecular complexity index is 1240. The third-order valence-corrected chi connectivity index (χ3v) is 6.05. The van der Waals surface area contributed by atoms with Gasteiger partial charge in [-0.1, -0.05) is 30.7 Å². The molecule has 192 valence electrons. The largest absolute Gasteiger partial charge is 0.493 e. The standard InChI is InChI=1S/C27H30F3N3O3/c1-7-15(2)12-18-14-33(26-23(29)20(35-5)13-21(36-6)24(26)30)27(34)32(4)25(18)22(16(3)31)17-8-10-19(28)11-9-17/h8-13H,7,14,31H2,1-6H3/b15-12-,22-16+. The van der Waals surface area contributed by atoms with E-state index >= 15 is 8.78 Å². The van der Waals surface area contributed by atoms with Crippen molar-refractivity contribution < 1.29 is 27.4 Å². The van der Waals surface area contributed by atoms with Gasteiger partial charge in [0.15, 0.2) is 23.1 Å². The third kappa shape index (κ3) is 4.91. The number of methoxy groups -OCH3 is 2. The highest BCUT2D eigenvalue weighted by atomic mass is 19.1. The van der Waals surface area contributed by atoms with E-state index in [-0.39, 0.29) is 18.0 Å². The number of carbonyl (C=O) groups excluding carboxylic acids is 1. The molecule has 0 bridgehead atoms. The fourth-order valence-electron chi connectivity index (χ4n) is 4.10. The maximum Gasteiger partial charge on any atom is 0.329 e. The van der Waals surface area contributed by atoms with Crippen LogP contribution in [-0.2, 0) is 0 Å². The normalized spacial score (nSPS) is 15.4. The van der Waals surface area contributed by atoms with Crippen LogP contribution in [0.3, 0.4) is 0 Å². The molecule has 0 fully saturated rings. The molecule has 0 atom stereocenters. The van der Waals surface area contributed by atoms with Crippen LogP contribution in [0.4, 0.5) is 23.7 Å². The minimum absolute atomic E-state index is 0.155. The molecular formula is C27H30F3N3O3. The molecule has 6 nitrogen and oxygen atoms in total. The highest BCUT2D eigenvalue weighted by Crippen LogP contribution is 2.41. The van der Waals surface area contributed by atoms with Gasteiger partial charge in [-0.05, 0) is 43.5 Å². The van der Waals surface area contributed by atoms with Crippen molar-refractivity contribution in [2.24, 2.45) is 5.73 Å². The Kier molecular flexibility index (Phi) is 8.02. The first kappa shape index (κ1) is 26.7. The summed E-state index contributed by atoms with van der Waals surface area (Å²) in [5.41, 5.74) is 9.23. The van der Waals surface area contributed by atoms with Crippen molar-refractivity contribution in [3.05, 3.63) is 82.0 Å². The number of halogens is 3. The predicted molar refractivity (Wildman–Crippen MR) is 134 cm³/mol. The van der Waals surface area contributed by atoms with Crippen LogP contribution in [0.1, 0.15) is 32.8 Å². The van der Waals surface area contributed by atoms with Crippen LogP contribution < -0.4 is 20.1 Å². The van der Waals surface area contributed by atoms with Crippen LogP contribution >= 0.6 is 0 Å². The minimum Gasteiger partial charge on any atom is -0.493 e. The molecule has 0 radical (unpaired) electrons. The van der Waals surface area contributed by atoms with Gasteiger partial charge in [0, 0.05) is 24.4 Å².